The maximum absolute atomic E-state index is 13.0. The molecule has 4 heteroatoms. The van der Waals surface area contributed by atoms with Crippen LogP contribution in [0, 0.1) is 0 Å². The molecule has 1 unspecified atom stereocenters. The first-order chi connectivity index (χ1) is 10.7. The molecule has 0 radical (unpaired) electrons. The van der Waals surface area contributed by atoms with E-state index >= 15 is 0 Å². The molecule has 0 saturated carbocycles. The lowest BCUT2D eigenvalue weighted by Crippen LogP contribution is -2.51. The molecule has 2 heterocycles. The summed E-state index contributed by atoms with van der Waals surface area (Å²) in [4.78, 5) is 17.1. The summed E-state index contributed by atoms with van der Waals surface area (Å²) in [6.07, 6.45) is 5.30. The molecular formula is C18H21N3O. The molecule has 2 N–H and O–H groups in total. The van der Waals surface area contributed by atoms with Gasteiger partial charge in [-0.15, -0.1) is 0 Å². The van der Waals surface area contributed by atoms with Crippen molar-refractivity contribution in [3.05, 3.63) is 66.0 Å². The van der Waals surface area contributed by atoms with Gasteiger partial charge in [0.1, 0.15) is 5.54 Å². The maximum atomic E-state index is 13.0. The minimum atomic E-state index is -0.655. The minimum absolute atomic E-state index is 0.0225. The van der Waals surface area contributed by atoms with Gasteiger partial charge in [-0.3, -0.25) is 15.1 Å². The highest BCUT2D eigenvalue weighted by Gasteiger charge is 2.43. The Morgan fingerprint density at radius 2 is 2.09 bits per heavy atom. The first-order valence-electron chi connectivity index (χ1n) is 7.74. The van der Waals surface area contributed by atoms with Crippen molar-refractivity contribution in [3.63, 3.8) is 0 Å². The number of carbonyl (C=O) groups excluding carboxylic acids is 1. The fraction of sp³-hybridized carbons (Fsp3) is 0.333. The van der Waals surface area contributed by atoms with Crippen LogP contribution in [0.5, 0.6) is 0 Å². The summed E-state index contributed by atoms with van der Waals surface area (Å²) in [5.41, 5.74) is 1.39. The summed E-state index contributed by atoms with van der Waals surface area (Å²) < 4.78 is 0. The second-order valence-electron chi connectivity index (χ2n) is 5.78. The second kappa shape index (κ2) is 6.28. The molecule has 1 aliphatic rings. The highest BCUT2D eigenvalue weighted by molar-refractivity contribution is 5.88. The fourth-order valence-corrected chi connectivity index (χ4v) is 3.08. The summed E-state index contributed by atoms with van der Waals surface area (Å²) in [5, 5.41) is 6.54. The average Bonchev–Trinajstić information content (AvgIpc) is 3.07. The van der Waals surface area contributed by atoms with Crippen LogP contribution in [0.25, 0.3) is 0 Å². The normalized spacial score (nSPS) is 22.2. The third-order valence-corrected chi connectivity index (χ3v) is 4.34. The van der Waals surface area contributed by atoms with Crippen LogP contribution in [0.2, 0.25) is 0 Å². The van der Waals surface area contributed by atoms with Crippen LogP contribution in [0.1, 0.15) is 36.9 Å². The molecule has 1 aliphatic heterocycles. The predicted octanol–water partition coefficient (Wildman–Crippen LogP) is 2.54. The summed E-state index contributed by atoms with van der Waals surface area (Å²) in [7, 11) is 0. The molecule has 1 aromatic carbocycles. The van der Waals surface area contributed by atoms with Crippen LogP contribution in [-0.2, 0) is 10.3 Å². The van der Waals surface area contributed by atoms with Gasteiger partial charge in [-0.25, -0.2) is 0 Å². The van der Waals surface area contributed by atoms with Crippen LogP contribution in [-0.4, -0.2) is 17.4 Å². The quantitative estimate of drug-likeness (QED) is 0.911. The van der Waals surface area contributed by atoms with Crippen molar-refractivity contribution in [2.24, 2.45) is 0 Å². The number of amides is 1. The van der Waals surface area contributed by atoms with E-state index in [0.717, 1.165) is 30.5 Å². The van der Waals surface area contributed by atoms with Gasteiger partial charge < -0.3 is 5.32 Å². The number of rotatable bonds is 4. The van der Waals surface area contributed by atoms with E-state index in [2.05, 4.69) is 15.6 Å². The van der Waals surface area contributed by atoms with Gasteiger partial charge in [-0.1, -0.05) is 36.4 Å². The maximum Gasteiger partial charge on any atom is 0.245 e. The molecule has 2 atom stereocenters. The Kier molecular flexibility index (Phi) is 4.20. The first kappa shape index (κ1) is 14.7. The SMILES string of the molecule is CC(NC(=O)[C@]1(c2cccnc2)CCCN1)c1ccccc1. The van der Waals surface area contributed by atoms with E-state index in [9.17, 15) is 4.79 Å². The number of benzene rings is 1. The van der Waals surface area contributed by atoms with E-state index in [-0.39, 0.29) is 11.9 Å². The van der Waals surface area contributed by atoms with Crippen molar-refractivity contribution in [2.45, 2.75) is 31.3 Å². The Hall–Kier alpha value is -2.20. The van der Waals surface area contributed by atoms with Crippen molar-refractivity contribution in [1.82, 2.24) is 15.6 Å². The van der Waals surface area contributed by atoms with Gasteiger partial charge in [-0.05, 0) is 43.5 Å². The lowest BCUT2D eigenvalue weighted by Gasteiger charge is -2.30. The number of hydrogen-bond donors (Lipinski definition) is 2. The van der Waals surface area contributed by atoms with E-state index in [4.69, 9.17) is 0 Å². The average molecular weight is 295 g/mol. The van der Waals surface area contributed by atoms with Crippen LogP contribution in [0.4, 0.5) is 0 Å². The molecule has 1 aromatic heterocycles. The summed E-state index contributed by atoms with van der Waals surface area (Å²) >= 11 is 0. The Morgan fingerprint density at radius 3 is 2.73 bits per heavy atom. The van der Waals surface area contributed by atoms with E-state index in [1.165, 1.54) is 0 Å². The molecule has 114 valence electrons. The Morgan fingerprint density at radius 1 is 1.27 bits per heavy atom. The first-order valence-corrected chi connectivity index (χ1v) is 7.74. The monoisotopic (exact) mass is 295 g/mol. The van der Waals surface area contributed by atoms with E-state index in [1.54, 1.807) is 12.4 Å². The molecule has 1 saturated heterocycles. The predicted molar refractivity (Wildman–Crippen MR) is 86.2 cm³/mol. The van der Waals surface area contributed by atoms with Crippen molar-refractivity contribution < 1.29 is 4.79 Å². The topological polar surface area (TPSA) is 54.0 Å². The van der Waals surface area contributed by atoms with Crippen LogP contribution in [0.15, 0.2) is 54.9 Å². The van der Waals surface area contributed by atoms with Gasteiger partial charge in [0.25, 0.3) is 0 Å². The van der Waals surface area contributed by atoms with Gasteiger partial charge in [0.15, 0.2) is 0 Å². The number of nitrogens with zero attached hydrogens (tertiary/aromatic N) is 1. The van der Waals surface area contributed by atoms with E-state index in [0.29, 0.717) is 0 Å². The lowest BCUT2D eigenvalue weighted by molar-refractivity contribution is -0.128. The number of aromatic nitrogens is 1. The fourth-order valence-electron chi connectivity index (χ4n) is 3.08. The van der Waals surface area contributed by atoms with Gasteiger partial charge >= 0.3 is 0 Å². The van der Waals surface area contributed by atoms with Crippen LogP contribution >= 0.6 is 0 Å². The Balaban J connectivity index is 1.82. The smallest absolute Gasteiger partial charge is 0.245 e. The summed E-state index contributed by atoms with van der Waals surface area (Å²) in [6, 6.07) is 13.8. The number of nitrogens with one attached hydrogen (secondary N) is 2. The van der Waals surface area contributed by atoms with Gasteiger partial charge in [0.05, 0.1) is 6.04 Å². The van der Waals surface area contributed by atoms with Gasteiger partial charge in [-0.2, -0.15) is 0 Å². The lowest BCUT2D eigenvalue weighted by atomic mass is 9.88. The Labute approximate surface area is 131 Å². The van der Waals surface area contributed by atoms with Crippen LogP contribution < -0.4 is 10.6 Å². The molecule has 4 nitrogen and oxygen atoms in total. The van der Waals surface area contributed by atoms with Crippen molar-refractivity contribution in [2.75, 3.05) is 6.54 Å². The third-order valence-electron chi connectivity index (χ3n) is 4.34. The molecule has 0 spiro atoms. The molecular weight excluding hydrogens is 274 g/mol. The zero-order chi connectivity index (χ0) is 15.4. The highest BCUT2D eigenvalue weighted by Crippen LogP contribution is 2.31. The van der Waals surface area contributed by atoms with Gasteiger partial charge in [0.2, 0.25) is 5.91 Å². The van der Waals surface area contributed by atoms with Crippen molar-refractivity contribution in [3.8, 4) is 0 Å². The molecule has 0 bridgehead atoms. The molecule has 1 amide bonds. The molecule has 3 rings (SSSR count). The second-order valence-corrected chi connectivity index (χ2v) is 5.78. The molecule has 22 heavy (non-hydrogen) atoms. The zero-order valence-corrected chi connectivity index (χ0v) is 12.8. The molecule has 2 aromatic rings. The number of hydrogen-bond acceptors (Lipinski definition) is 3. The minimum Gasteiger partial charge on any atom is -0.348 e. The molecule has 0 aliphatic carbocycles. The largest absolute Gasteiger partial charge is 0.348 e. The summed E-state index contributed by atoms with van der Waals surface area (Å²) in [6.45, 7) is 2.86. The highest BCUT2D eigenvalue weighted by atomic mass is 16.2. The Bertz CT molecular complexity index is 621. The summed E-state index contributed by atoms with van der Waals surface area (Å²) in [5.74, 6) is 0.0225. The molecule has 1 fully saturated rings. The zero-order valence-electron chi connectivity index (χ0n) is 12.8. The van der Waals surface area contributed by atoms with Crippen molar-refractivity contribution in [1.29, 1.82) is 0 Å². The third kappa shape index (κ3) is 2.74. The number of pyridine rings is 1. The van der Waals surface area contributed by atoms with E-state index in [1.807, 2.05) is 49.4 Å². The standard InChI is InChI=1S/C18H21N3O/c1-14(15-7-3-2-4-8-15)21-17(22)18(10-6-12-20-18)16-9-5-11-19-13-16/h2-5,7-9,11,13-14,20H,6,10,12H2,1H3,(H,21,22)/t14?,18-/m1/s1. The van der Waals surface area contributed by atoms with Gasteiger partial charge in [0, 0.05) is 12.4 Å². The van der Waals surface area contributed by atoms with Crippen molar-refractivity contribution >= 4 is 5.91 Å². The number of carbonyl (C=O) groups is 1. The van der Waals surface area contributed by atoms with E-state index < -0.39 is 5.54 Å². The van der Waals surface area contributed by atoms with Crippen LogP contribution in [0.3, 0.4) is 0 Å².